The molecular formula is C19H20N4O3. The van der Waals surface area contributed by atoms with E-state index < -0.39 is 11.6 Å². The summed E-state index contributed by atoms with van der Waals surface area (Å²) in [4.78, 5) is 23.9. The van der Waals surface area contributed by atoms with Crippen molar-refractivity contribution in [2.24, 2.45) is 0 Å². The van der Waals surface area contributed by atoms with Gasteiger partial charge >= 0.3 is 5.97 Å². The molecule has 0 saturated carbocycles. The summed E-state index contributed by atoms with van der Waals surface area (Å²) in [6, 6.07) is 5.43. The minimum absolute atomic E-state index is 0.143. The molecule has 2 aromatic heterocycles. The molecule has 0 unspecified atom stereocenters. The first-order valence-electron chi connectivity index (χ1n) is 8.43. The number of carboxylic acid groups (broad SMARTS) is 1. The van der Waals surface area contributed by atoms with Crippen LogP contribution in [0.3, 0.4) is 0 Å². The molecule has 1 aromatic carbocycles. The van der Waals surface area contributed by atoms with Crippen molar-refractivity contribution < 1.29 is 14.6 Å². The third-order valence-electron chi connectivity index (χ3n) is 4.52. The number of benzene rings is 1. The number of nitrogens with zero attached hydrogens (tertiary/aromatic N) is 2. The number of aromatic nitrogens is 3. The van der Waals surface area contributed by atoms with Gasteiger partial charge in [-0.3, -0.25) is 4.98 Å². The van der Waals surface area contributed by atoms with E-state index in [1.54, 1.807) is 6.07 Å². The predicted molar refractivity (Wildman–Crippen MR) is 98.5 cm³/mol. The summed E-state index contributed by atoms with van der Waals surface area (Å²) in [5, 5.41) is 12.8. The average molecular weight is 352 g/mol. The molecule has 7 nitrogen and oxygen atoms in total. The van der Waals surface area contributed by atoms with Gasteiger partial charge in [-0.25, -0.2) is 9.78 Å². The van der Waals surface area contributed by atoms with E-state index in [0.29, 0.717) is 23.6 Å². The fraction of sp³-hybridized carbons (Fsp3) is 0.316. The van der Waals surface area contributed by atoms with E-state index in [-0.39, 0.29) is 5.56 Å². The zero-order chi connectivity index (χ0) is 18.6. The predicted octanol–water partition coefficient (Wildman–Crippen LogP) is 3.73. The van der Waals surface area contributed by atoms with Crippen LogP contribution in [0.2, 0.25) is 0 Å². The van der Waals surface area contributed by atoms with Gasteiger partial charge in [0.1, 0.15) is 16.9 Å². The maximum absolute atomic E-state index is 11.6. The van der Waals surface area contributed by atoms with Crippen LogP contribution in [0.4, 0.5) is 11.6 Å². The second-order valence-electron chi connectivity index (χ2n) is 7.27. The highest BCUT2D eigenvalue weighted by molar-refractivity contribution is 5.98. The molecule has 1 aliphatic heterocycles. The number of hydrogen-bond donors (Lipinski definition) is 3. The molecule has 134 valence electrons. The molecule has 3 N–H and O–H groups in total. The summed E-state index contributed by atoms with van der Waals surface area (Å²) in [7, 11) is 0. The Labute approximate surface area is 150 Å². The van der Waals surface area contributed by atoms with Crippen LogP contribution in [-0.4, -0.2) is 31.6 Å². The van der Waals surface area contributed by atoms with E-state index in [1.807, 2.05) is 39.8 Å². The molecule has 0 fully saturated rings. The lowest BCUT2D eigenvalue weighted by atomic mass is 9.99. The van der Waals surface area contributed by atoms with Crippen LogP contribution < -0.4 is 10.1 Å². The lowest BCUT2D eigenvalue weighted by molar-refractivity contribution is 0.0685. The van der Waals surface area contributed by atoms with Gasteiger partial charge in [0.2, 0.25) is 5.95 Å². The van der Waals surface area contributed by atoms with Crippen molar-refractivity contribution in [2.45, 2.75) is 39.7 Å². The van der Waals surface area contributed by atoms with Gasteiger partial charge in [0.25, 0.3) is 0 Å². The molecule has 0 saturated heterocycles. The van der Waals surface area contributed by atoms with Gasteiger partial charge in [-0.05, 0) is 45.9 Å². The molecule has 26 heavy (non-hydrogen) atoms. The third-order valence-corrected chi connectivity index (χ3v) is 4.52. The Bertz CT molecular complexity index is 1050. The number of H-pyrrole nitrogens is 1. The van der Waals surface area contributed by atoms with Crippen molar-refractivity contribution in [3.05, 3.63) is 40.7 Å². The molecule has 4 rings (SSSR count). The Morgan fingerprint density at radius 2 is 2.08 bits per heavy atom. The molecule has 0 spiro atoms. The lowest BCUT2D eigenvalue weighted by Crippen LogP contribution is -2.25. The maximum atomic E-state index is 11.6. The van der Waals surface area contributed by atoms with E-state index in [4.69, 9.17) is 4.74 Å². The number of rotatable bonds is 3. The highest BCUT2D eigenvalue weighted by Crippen LogP contribution is 2.42. The summed E-state index contributed by atoms with van der Waals surface area (Å²) in [6.07, 6.45) is 0.618. The van der Waals surface area contributed by atoms with Crippen molar-refractivity contribution >= 4 is 28.6 Å². The number of aromatic carboxylic acids is 1. The minimum atomic E-state index is -1.02. The van der Waals surface area contributed by atoms with Crippen molar-refractivity contribution in [3.63, 3.8) is 0 Å². The molecule has 3 heterocycles. The first-order valence-corrected chi connectivity index (χ1v) is 8.43. The van der Waals surface area contributed by atoms with Crippen LogP contribution in [-0.2, 0) is 6.42 Å². The van der Waals surface area contributed by atoms with Gasteiger partial charge in [-0.15, -0.1) is 0 Å². The molecule has 0 atom stereocenters. The summed E-state index contributed by atoms with van der Waals surface area (Å²) < 4.78 is 5.90. The number of anilines is 2. The number of imidazole rings is 1. The second-order valence-corrected chi connectivity index (χ2v) is 7.27. The SMILES string of the molecule is Cc1ccc(Nc2nc3cc(C(=O)O)c4c(c3[nH]2)CC(C)(C)O4)c(C)n1. The minimum Gasteiger partial charge on any atom is -0.486 e. The summed E-state index contributed by atoms with van der Waals surface area (Å²) >= 11 is 0. The largest absolute Gasteiger partial charge is 0.486 e. The van der Waals surface area contributed by atoms with Gasteiger partial charge in [-0.2, -0.15) is 0 Å². The van der Waals surface area contributed by atoms with E-state index in [2.05, 4.69) is 20.3 Å². The monoisotopic (exact) mass is 352 g/mol. The number of aryl methyl sites for hydroxylation is 2. The zero-order valence-corrected chi connectivity index (χ0v) is 15.1. The molecule has 0 aliphatic carbocycles. The van der Waals surface area contributed by atoms with Gasteiger partial charge in [0, 0.05) is 17.7 Å². The van der Waals surface area contributed by atoms with Crippen molar-refractivity contribution in [2.75, 3.05) is 5.32 Å². The topological polar surface area (TPSA) is 100 Å². The van der Waals surface area contributed by atoms with Crippen LogP contribution in [0.25, 0.3) is 11.0 Å². The third kappa shape index (κ3) is 2.65. The Kier molecular flexibility index (Phi) is 3.44. The smallest absolute Gasteiger partial charge is 0.339 e. The normalized spacial score (nSPS) is 14.9. The van der Waals surface area contributed by atoms with Gasteiger partial charge in [0.05, 0.1) is 22.4 Å². The first kappa shape index (κ1) is 16.4. The number of aromatic amines is 1. The zero-order valence-electron chi connectivity index (χ0n) is 15.1. The fourth-order valence-corrected chi connectivity index (χ4v) is 3.39. The van der Waals surface area contributed by atoms with Crippen molar-refractivity contribution in [1.29, 1.82) is 0 Å². The van der Waals surface area contributed by atoms with Gasteiger partial charge < -0.3 is 20.1 Å². The maximum Gasteiger partial charge on any atom is 0.339 e. The van der Waals surface area contributed by atoms with Crippen LogP contribution in [0.15, 0.2) is 18.2 Å². The number of carbonyl (C=O) groups is 1. The van der Waals surface area contributed by atoms with Crippen LogP contribution in [0.1, 0.15) is 41.2 Å². The number of carboxylic acids is 1. The number of fused-ring (bicyclic) bond motifs is 3. The second kappa shape index (κ2) is 5.45. The first-order chi connectivity index (χ1) is 12.2. The number of ether oxygens (including phenoxy) is 1. The average Bonchev–Trinajstić information content (AvgIpc) is 3.08. The number of nitrogens with one attached hydrogen (secondary N) is 2. The van der Waals surface area contributed by atoms with E-state index >= 15 is 0 Å². The molecule has 1 aliphatic rings. The Balaban J connectivity index is 1.82. The summed E-state index contributed by atoms with van der Waals surface area (Å²) in [5.74, 6) is -0.0430. The highest BCUT2D eigenvalue weighted by atomic mass is 16.5. The fourth-order valence-electron chi connectivity index (χ4n) is 3.39. The standard InChI is InChI=1S/C19H20N4O3/c1-9-5-6-13(10(2)20-9)21-18-22-14-7-11(17(24)25)16-12(15(14)23-18)8-19(3,4)26-16/h5-7H,8H2,1-4H3,(H,24,25)(H2,21,22,23). The molecule has 0 radical (unpaired) electrons. The van der Waals surface area contributed by atoms with E-state index in [0.717, 1.165) is 28.2 Å². The molecule has 0 amide bonds. The van der Waals surface area contributed by atoms with Crippen LogP contribution in [0, 0.1) is 13.8 Å². The number of hydrogen-bond acceptors (Lipinski definition) is 5. The molecule has 7 heteroatoms. The van der Waals surface area contributed by atoms with Crippen LogP contribution >= 0.6 is 0 Å². The van der Waals surface area contributed by atoms with Crippen LogP contribution in [0.5, 0.6) is 5.75 Å². The molecule has 0 bridgehead atoms. The summed E-state index contributed by atoms with van der Waals surface area (Å²) in [5.41, 5.74) is 4.61. The van der Waals surface area contributed by atoms with E-state index in [1.165, 1.54) is 0 Å². The van der Waals surface area contributed by atoms with E-state index in [9.17, 15) is 9.90 Å². The van der Waals surface area contributed by atoms with Gasteiger partial charge in [0.15, 0.2) is 0 Å². The van der Waals surface area contributed by atoms with Crippen molar-refractivity contribution in [1.82, 2.24) is 15.0 Å². The number of pyridine rings is 1. The van der Waals surface area contributed by atoms with Gasteiger partial charge in [-0.1, -0.05) is 0 Å². The summed E-state index contributed by atoms with van der Waals surface area (Å²) in [6.45, 7) is 7.76. The Morgan fingerprint density at radius 3 is 2.77 bits per heavy atom. The Morgan fingerprint density at radius 1 is 1.31 bits per heavy atom. The molecular weight excluding hydrogens is 332 g/mol. The lowest BCUT2D eigenvalue weighted by Gasteiger charge is -2.17. The quantitative estimate of drug-likeness (QED) is 0.664. The molecule has 3 aromatic rings. The Hall–Kier alpha value is -3.09. The highest BCUT2D eigenvalue weighted by Gasteiger charge is 2.36. The van der Waals surface area contributed by atoms with Crippen molar-refractivity contribution in [3.8, 4) is 5.75 Å².